The van der Waals surface area contributed by atoms with Gasteiger partial charge in [0.25, 0.3) is 0 Å². The number of benzene rings is 8. The van der Waals surface area contributed by atoms with Gasteiger partial charge in [-0.25, -0.2) is 15.0 Å². The SMILES string of the molecule is [2H]c1c([2H])c([2H])c(-c2nc(-c3c([2H])c([2H])c([2H])c([2H])c3[2H])nc(-c3c([2H])c([2H])c([2H])c4sc5c(-c6c([2H])c(-c7c([2H])c([2H])c([2H])c8c7oc7c([2H])c([2H])c([2H])c([2H])c78)c([2H])c7oc8c([2H])c([2H])c([2H])c([2H])c8c67)c([2H])c([2H])c([2H])c5c34)n2)c([2H])c1[2H]. The fourth-order valence-corrected chi connectivity index (χ4v) is 7.68. The van der Waals surface area contributed by atoms with E-state index in [0.717, 1.165) is 0 Å². The van der Waals surface area contributed by atoms with E-state index in [2.05, 4.69) is 15.0 Å². The predicted molar refractivity (Wildman–Crippen MR) is 234 cm³/mol. The molecule has 0 amide bonds. The lowest BCUT2D eigenvalue weighted by molar-refractivity contribution is 0.668. The van der Waals surface area contributed by atoms with E-state index in [-0.39, 0.29) is 9.40 Å². The average Bonchev–Trinajstić information content (AvgIpc) is 1.49. The van der Waals surface area contributed by atoms with Gasteiger partial charge in [0, 0.05) is 69.5 Å². The van der Waals surface area contributed by atoms with Crippen LogP contribution in [-0.2, 0) is 0 Å². The average molecular weight is 777 g/mol. The van der Waals surface area contributed by atoms with Crippen LogP contribution in [0.15, 0.2) is 184 Å². The van der Waals surface area contributed by atoms with Gasteiger partial charge in [-0.15, -0.1) is 11.3 Å². The van der Waals surface area contributed by atoms with Crippen molar-refractivity contribution in [1.82, 2.24) is 15.0 Å². The first-order chi connectivity index (χ1) is 40.3. The first kappa shape index (κ1) is 14.6. The Morgan fingerprint density at radius 3 is 1.72 bits per heavy atom. The number of thiophene rings is 1. The summed E-state index contributed by atoms with van der Waals surface area (Å²) in [5.74, 6) is -2.40. The van der Waals surface area contributed by atoms with Gasteiger partial charge in [-0.2, -0.15) is 0 Å². The number of hydrogen-bond acceptors (Lipinski definition) is 6. The monoisotopic (exact) mass is 776 g/mol. The Labute approximate surface area is 370 Å². The standard InChI is InChI=1S/C51H29N3O2S/c1-3-14-30(15-4-1)49-52-50(31-16-5-2-6-17-31)54-51(53-49)39-24-13-27-44-46(39)38-23-12-22-36(48(38)57-44)40-28-32(29-43-45(40)37-19-8-10-26-42(37)55-43)33-20-11-21-35-34-18-7-9-25-41(34)56-47(33)35/h1-29H/i1D,2D,3D,4D,5D,6D,7D,8D,9D,10D,11D,12D,13D,14D,15D,16D,17D,18D,19D,20D,21D,22D,23D,24D,25D,26D,27D,28D,29D. The van der Waals surface area contributed by atoms with Crippen LogP contribution >= 0.6 is 11.3 Å². The third kappa shape index (κ3) is 5.04. The van der Waals surface area contributed by atoms with Crippen molar-refractivity contribution in [2.24, 2.45) is 0 Å². The fraction of sp³-hybridized carbons (Fsp3) is 0. The lowest BCUT2D eigenvalue weighted by Crippen LogP contribution is -2.00. The van der Waals surface area contributed by atoms with Gasteiger partial charge >= 0.3 is 0 Å². The van der Waals surface area contributed by atoms with Crippen molar-refractivity contribution in [2.75, 3.05) is 0 Å². The molecule has 0 radical (unpaired) electrons. The van der Waals surface area contributed by atoms with Crippen LogP contribution in [0.25, 0.3) is 120 Å². The molecule has 0 unspecified atom stereocenters. The molecule has 266 valence electrons. The van der Waals surface area contributed by atoms with Crippen molar-refractivity contribution in [2.45, 2.75) is 0 Å². The molecule has 0 aliphatic heterocycles. The lowest BCUT2D eigenvalue weighted by Gasteiger charge is -2.11. The molecular weight excluding hydrogens is 719 g/mol. The normalized spacial score (nSPS) is 19.0. The number of aromatic nitrogens is 3. The van der Waals surface area contributed by atoms with Gasteiger partial charge in [0.2, 0.25) is 0 Å². The predicted octanol–water partition coefficient (Wildman–Crippen LogP) is 14.4. The van der Waals surface area contributed by atoms with Crippen LogP contribution < -0.4 is 0 Å². The zero-order valence-electron chi connectivity index (χ0n) is 57.1. The lowest BCUT2D eigenvalue weighted by atomic mass is 9.93. The minimum Gasteiger partial charge on any atom is -0.456 e. The van der Waals surface area contributed by atoms with Gasteiger partial charge in [0.1, 0.15) is 22.3 Å². The zero-order chi connectivity index (χ0) is 62.7. The van der Waals surface area contributed by atoms with Gasteiger partial charge in [0.15, 0.2) is 17.5 Å². The summed E-state index contributed by atoms with van der Waals surface area (Å²) in [7, 11) is 0. The summed E-state index contributed by atoms with van der Waals surface area (Å²) in [4.78, 5) is 13.2. The van der Waals surface area contributed by atoms with Gasteiger partial charge in [-0.3, -0.25) is 0 Å². The topological polar surface area (TPSA) is 65.0 Å². The van der Waals surface area contributed by atoms with E-state index >= 15 is 0 Å². The zero-order valence-corrected chi connectivity index (χ0v) is 28.9. The fourth-order valence-electron chi connectivity index (χ4n) is 6.55. The Morgan fingerprint density at radius 2 is 0.965 bits per heavy atom. The van der Waals surface area contributed by atoms with Crippen LogP contribution in [0.1, 0.15) is 39.8 Å². The number of rotatable bonds is 5. The second-order valence-corrected chi connectivity index (χ2v) is 13.1. The Kier molecular flexibility index (Phi) is 3.22. The maximum absolute atomic E-state index is 10.3. The van der Waals surface area contributed by atoms with E-state index in [1.54, 1.807) is 0 Å². The first-order valence-corrected chi connectivity index (χ1v) is 17.4. The second kappa shape index (κ2) is 12.6. The van der Waals surface area contributed by atoms with Crippen molar-refractivity contribution in [3.05, 3.63) is 175 Å². The highest BCUT2D eigenvalue weighted by Crippen LogP contribution is 2.48. The molecule has 0 fully saturated rings. The van der Waals surface area contributed by atoms with E-state index in [0.29, 0.717) is 11.3 Å². The van der Waals surface area contributed by atoms with Crippen molar-refractivity contribution >= 4 is 75.4 Å². The number of fused-ring (bicyclic) bond motifs is 9. The minimum absolute atomic E-state index is 0.341. The molecular formula is C51H29N3O2S. The van der Waals surface area contributed by atoms with Crippen LogP contribution in [0.5, 0.6) is 0 Å². The maximum atomic E-state index is 10.3. The number of hydrogen-bond donors (Lipinski definition) is 0. The van der Waals surface area contributed by atoms with E-state index in [1.807, 2.05) is 0 Å². The molecule has 0 bridgehead atoms. The molecule has 12 rings (SSSR count). The van der Waals surface area contributed by atoms with Crippen molar-refractivity contribution < 1.29 is 48.6 Å². The Morgan fingerprint density at radius 1 is 0.386 bits per heavy atom. The molecule has 0 saturated heterocycles. The van der Waals surface area contributed by atoms with Gasteiger partial charge in [-0.1, -0.05) is 145 Å². The van der Waals surface area contributed by atoms with Gasteiger partial charge < -0.3 is 8.83 Å². The molecule has 4 heterocycles. The minimum atomic E-state index is -0.976. The molecule has 0 N–H and O–H groups in total. The first-order valence-electron chi connectivity index (χ1n) is 31.1. The summed E-state index contributed by atoms with van der Waals surface area (Å²) in [6, 6.07) is -24.8. The summed E-state index contributed by atoms with van der Waals surface area (Å²) in [6.45, 7) is 0. The van der Waals surface area contributed by atoms with Crippen molar-refractivity contribution in [3.8, 4) is 56.4 Å². The molecule has 4 aromatic heterocycles. The molecule has 8 aromatic carbocycles. The molecule has 0 spiro atoms. The maximum Gasteiger partial charge on any atom is 0.164 e. The second-order valence-electron chi connectivity index (χ2n) is 12.1. The summed E-state index contributed by atoms with van der Waals surface area (Å²) in [5.41, 5.74) is -7.12. The number of nitrogens with zero attached hydrogens (tertiary/aromatic N) is 3. The van der Waals surface area contributed by atoms with Crippen LogP contribution in [0, 0.1) is 0 Å². The molecule has 0 saturated carbocycles. The highest BCUT2D eigenvalue weighted by atomic mass is 32.1. The van der Waals surface area contributed by atoms with Crippen LogP contribution in [0.4, 0.5) is 0 Å². The smallest absolute Gasteiger partial charge is 0.164 e. The molecule has 12 aromatic rings. The van der Waals surface area contributed by atoms with Crippen LogP contribution in [-0.4, -0.2) is 15.0 Å². The summed E-state index contributed by atoms with van der Waals surface area (Å²) in [5, 5.41) is -2.76. The van der Waals surface area contributed by atoms with Crippen LogP contribution in [0.2, 0.25) is 0 Å². The molecule has 6 heteroatoms. The third-order valence-electron chi connectivity index (χ3n) is 8.94. The molecule has 57 heavy (non-hydrogen) atoms. The van der Waals surface area contributed by atoms with Crippen molar-refractivity contribution in [1.29, 1.82) is 0 Å². The molecule has 0 aliphatic rings. The Balaban J connectivity index is 1.30. The highest BCUT2D eigenvalue weighted by molar-refractivity contribution is 7.26. The van der Waals surface area contributed by atoms with E-state index in [9.17, 15) is 12.3 Å². The van der Waals surface area contributed by atoms with Gasteiger partial charge in [0.05, 0.1) is 39.8 Å². The van der Waals surface area contributed by atoms with E-state index in [4.69, 9.17) is 36.2 Å². The van der Waals surface area contributed by atoms with E-state index < -0.39 is 286 Å². The van der Waals surface area contributed by atoms with Gasteiger partial charge in [-0.05, 0) is 41.3 Å². The third-order valence-corrected chi connectivity index (χ3v) is 10.1. The van der Waals surface area contributed by atoms with Crippen LogP contribution in [0.3, 0.4) is 0 Å². The highest BCUT2D eigenvalue weighted by Gasteiger charge is 2.22. The quantitative estimate of drug-likeness (QED) is 0.174. The molecule has 5 nitrogen and oxygen atoms in total. The molecule has 0 aliphatic carbocycles. The number of para-hydroxylation sites is 3. The largest absolute Gasteiger partial charge is 0.456 e. The number of furan rings is 2. The summed E-state index contributed by atoms with van der Waals surface area (Å²) < 4.78 is 271. The summed E-state index contributed by atoms with van der Waals surface area (Å²) in [6.07, 6.45) is 0. The summed E-state index contributed by atoms with van der Waals surface area (Å²) >= 11 is 0.518. The Bertz CT molecular complexity index is 5100. The van der Waals surface area contributed by atoms with Crippen molar-refractivity contribution in [3.63, 3.8) is 0 Å². The van der Waals surface area contributed by atoms with E-state index in [1.165, 1.54) is 0 Å². The Hall–Kier alpha value is -7.41. The molecule has 0 atom stereocenters.